The quantitative estimate of drug-likeness (QED) is 0.755. The van der Waals surface area contributed by atoms with Gasteiger partial charge in [0, 0.05) is 25.2 Å². The van der Waals surface area contributed by atoms with Crippen LogP contribution in [0.2, 0.25) is 0 Å². The van der Waals surface area contributed by atoms with Gasteiger partial charge in [0.25, 0.3) is 0 Å². The number of carbonyl (C=O) groups is 1. The van der Waals surface area contributed by atoms with Crippen LogP contribution in [0.4, 0.5) is 0 Å². The van der Waals surface area contributed by atoms with Gasteiger partial charge in [-0.2, -0.15) is 0 Å². The van der Waals surface area contributed by atoms with Crippen LogP contribution in [0.5, 0.6) is 0 Å². The van der Waals surface area contributed by atoms with Crippen LogP contribution in [0.25, 0.3) is 0 Å². The summed E-state index contributed by atoms with van der Waals surface area (Å²) in [6, 6.07) is 4.90. The largest absolute Gasteiger partial charge is 0.478 e. The summed E-state index contributed by atoms with van der Waals surface area (Å²) in [5.74, 6) is -1.13. The highest BCUT2D eigenvalue weighted by atomic mass is 32.2. The van der Waals surface area contributed by atoms with Crippen LogP contribution in [0.15, 0.2) is 23.1 Å². The van der Waals surface area contributed by atoms with E-state index in [9.17, 15) is 13.2 Å². The first-order valence-electron chi connectivity index (χ1n) is 7.66. The van der Waals surface area contributed by atoms with Gasteiger partial charge in [-0.3, -0.25) is 4.90 Å². The molecule has 0 fully saturated rings. The van der Waals surface area contributed by atoms with Crippen molar-refractivity contribution in [1.82, 2.24) is 9.62 Å². The maximum Gasteiger partial charge on any atom is 0.335 e. The van der Waals surface area contributed by atoms with Crippen LogP contribution in [-0.4, -0.2) is 49.6 Å². The highest BCUT2D eigenvalue weighted by Crippen LogP contribution is 2.18. The third kappa shape index (κ3) is 5.02. The molecule has 0 atom stereocenters. The lowest BCUT2D eigenvalue weighted by Crippen LogP contribution is -2.42. The highest BCUT2D eigenvalue weighted by molar-refractivity contribution is 7.89. The molecule has 0 aromatic heterocycles. The summed E-state index contributed by atoms with van der Waals surface area (Å²) in [5.41, 5.74) is 0.246. The van der Waals surface area contributed by atoms with E-state index in [4.69, 9.17) is 5.11 Å². The number of nitrogens with one attached hydrogen (secondary N) is 1. The summed E-state index contributed by atoms with van der Waals surface area (Å²) in [4.78, 5) is 13.3. The predicted molar refractivity (Wildman–Crippen MR) is 90.3 cm³/mol. The summed E-state index contributed by atoms with van der Waals surface area (Å²) in [5, 5.41) is 9.10. The molecule has 0 aliphatic heterocycles. The lowest BCUT2D eigenvalue weighted by molar-refractivity contribution is 0.0696. The predicted octanol–water partition coefficient (Wildman–Crippen LogP) is 2.09. The van der Waals surface area contributed by atoms with Crippen molar-refractivity contribution < 1.29 is 18.3 Å². The van der Waals surface area contributed by atoms with Crippen molar-refractivity contribution in [1.29, 1.82) is 0 Å². The van der Waals surface area contributed by atoms with Gasteiger partial charge < -0.3 is 5.11 Å². The van der Waals surface area contributed by atoms with E-state index < -0.39 is 16.0 Å². The zero-order chi connectivity index (χ0) is 17.8. The smallest absolute Gasteiger partial charge is 0.335 e. The fraction of sp³-hybridized carbons (Fsp3) is 0.562. The van der Waals surface area contributed by atoms with Crippen LogP contribution < -0.4 is 4.72 Å². The minimum Gasteiger partial charge on any atom is -0.478 e. The number of sulfonamides is 1. The van der Waals surface area contributed by atoms with Crippen LogP contribution >= 0.6 is 0 Å². The maximum absolute atomic E-state index is 12.4. The zero-order valence-electron chi connectivity index (χ0n) is 14.3. The van der Waals surface area contributed by atoms with Gasteiger partial charge in [-0.1, -0.05) is 6.07 Å². The molecule has 0 spiro atoms. The Labute approximate surface area is 138 Å². The molecule has 1 aromatic rings. The lowest BCUT2D eigenvalue weighted by atomic mass is 10.1. The molecule has 1 rings (SSSR count). The Morgan fingerprint density at radius 1 is 1.22 bits per heavy atom. The second-order valence-corrected chi connectivity index (χ2v) is 7.79. The minimum absolute atomic E-state index is 0.00105. The van der Waals surface area contributed by atoms with Crippen LogP contribution in [-0.2, 0) is 10.0 Å². The third-order valence-electron chi connectivity index (χ3n) is 3.79. The van der Waals surface area contributed by atoms with E-state index in [-0.39, 0.29) is 22.6 Å². The average molecular weight is 342 g/mol. The Hall–Kier alpha value is -1.44. The standard InChI is InChI=1S/C16H26N2O4S/c1-11(2)18(12(3)4)10-9-17-23(21,22)15-8-6-7-14(13(15)5)16(19)20/h6-8,11-12,17H,9-10H2,1-5H3,(H,19,20). The molecule has 0 saturated carbocycles. The van der Waals surface area contributed by atoms with E-state index in [1.54, 1.807) is 0 Å². The Balaban J connectivity index is 2.89. The number of rotatable bonds is 8. The molecule has 2 N–H and O–H groups in total. The monoisotopic (exact) mass is 342 g/mol. The van der Waals surface area contributed by atoms with Gasteiger partial charge in [-0.05, 0) is 52.3 Å². The minimum atomic E-state index is -3.73. The van der Waals surface area contributed by atoms with E-state index in [1.807, 2.05) is 0 Å². The fourth-order valence-corrected chi connectivity index (χ4v) is 3.92. The third-order valence-corrected chi connectivity index (χ3v) is 5.40. The molecule has 23 heavy (non-hydrogen) atoms. The molecular formula is C16H26N2O4S. The normalized spacial score (nSPS) is 12.3. The molecule has 0 aliphatic carbocycles. The van der Waals surface area contributed by atoms with Crippen LogP contribution in [0.3, 0.4) is 0 Å². The molecule has 1 aromatic carbocycles. The first-order chi connectivity index (χ1) is 10.6. The summed E-state index contributed by atoms with van der Waals surface area (Å²) in [6.45, 7) is 10.6. The van der Waals surface area contributed by atoms with E-state index in [2.05, 4.69) is 37.3 Å². The number of aromatic carboxylic acids is 1. The number of nitrogens with zero attached hydrogens (tertiary/aromatic N) is 1. The van der Waals surface area contributed by atoms with Crippen molar-refractivity contribution in [2.45, 2.75) is 51.6 Å². The van der Waals surface area contributed by atoms with Crippen molar-refractivity contribution in [3.8, 4) is 0 Å². The number of carboxylic acid groups (broad SMARTS) is 1. The van der Waals surface area contributed by atoms with Gasteiger partial charge in [0.15, 0.2) is 0 Å². The fourth-order valence-electron chi connectivity index (χ4n) is 2.64. The Morgan fingerprint density at radius 2 is 1.78 bits per heavy atom. The molecule has 0 aliphatic rings. The van der Waals surface area contributed by atoms with E-state index in [0.717, 1.165) is 0 Å². The first kappa shape index (κ1) is 19.6. The van der Waals surface area contributed by atoms with Gasteiger partial charge in [-0.15, -0.1) is 0 Å². The van der Waals surface area contributed by atoms with Gasteiger partial charge in [0.1, 0.15) is 0 Å². The van der Waals surface area contributed by atoms with E-state index in [0.29, 0.717) is 18.6 Å². The summed E-state index contributed by atoms with van der Waals surface area (Å²) >= 11 is 0. The lowest BCUT2D eigenvalue weighted by Gasteiger charge is -2.30. The SMILES string of the molecule is Cc1c(C(=O)O)cccc1S(=O)(=O)NCCN(C(C)C)C(C)C. The summed E-state index contributed by atoms with van der Waals surface area (Å²) < 4.78 is 27.4. The van der Waals surface area contributed by atoms with Crippen LogP contribution in [0, 0.1) is 6.92 Å². The summed E-state index contributed by atoms with van der Waals surface area (Å²) in [7, 11) is -3.73. The second kappa shape index (κ2) is 7.90. The van der Waals surface area contributed by atoms with E-state index in [1.165, 1.54) is 25.1 Å². The molecule has 0 amide bonds. The molecule has 0 saturated heterocycles. The van der Waals surface area contributed by atoms with Crippen molar-refractivity contribution in [3.63, 3.8) is 0 Å². The first-order valence-corrected chi connectivity index (χ1v) is 9.14. The molecule has 0 radical (unpaired) electrons. The Morgan fingerprint density at radius 3 is 2.26 bits per heavy atom. The number of hydrogen-bond donors (Lipinski definition) is 2. The molecule has 0 heterocycles. The number of hydrogen-bond acceptors (Lipinski definition) is 4. The topological polar surface area (TPSA) is 86.7 Å². The molecule has 7 heteroatoms. The zero-order valence-corrected chi connectivity index (χ0v) is 15.1. The molecule has 0 unspecified atom stereocenters. The van der Waals surface area contributed by atoms with Crippen molar-refractivity contribution >= 4 is 16.0 Å². The van der Waals surface area contributed by atoms with Gasteiger partial charge in [-0.25, -0.2) is 17.9 Å². The maximum atomic E-state index is 12.4. The van der Waals surface area contributed by atoms with Gasteiger partial charge >= 0.3 is 5.97 Å². The van der Waals surface area contributed by atoms with E-state index >= 15 is 0 Å². The highest BCUT2D eigenvalue weighted by Gasteiger charge is 2.21. The second-order valence-electron chi connectivity index (χ2n) is 6.06. The van der Waals surface area contributed by atoms with Crippen molar-refractivity contribution in [2.24, 2.45) is 0 Å². The summed E-state index contributed by atoms with van der Waals surface area (Å²) in [6.07, 6.45) is 0. The average Bonchev–Trinajstić information content (AvgIpc) is 2.42. The molecule has 6 nitrogen and oxygen atoms in total. The molecule has 0 bridgehead atoms. The van der Waals surface area contributed by atoms with Crippen molar-refractivity contribution in [2.75, 3.05) is 13.1 Å². The molecule has 130 valence electrons. The number of carboxylic acids is 1. The number of benzene rings is 1. The Kier molecular flexibility index (Phi) is 6.73. The van der Waals surface area contributed by atoms with Crippen molar-refractivity contribution in [3.05, 3.63) is 29.3 Å². The molecular weight excluding hydrogens is 316 g/mol. The van der Waals surface area contributed by atoms with Gasteiger partial charge in [0.05, 0.1) is 10.5 Å². The Bertz CT molecular complexity index is 646. The van der Waals surface area contributed by atoms with Gasteiger partial charge in [0.2, 0.25) is 10.0 Å². The van der Waals surface area contributed by atoms with Crippen LogP contribution in [0.1, 0.15) is 43.6 Å².